The lowest BCUT2D eigenvalue weighted by molar-refractivity contribution is 0.0203. The van der Waals surface area contributed by atoms with Crippen molar-refractivity contribution in [2.24, 2.45) is 0 Å². The molecule has 1 N–H and O–H groups in total. The predicted octanol–water partition coefficient (Wildman–Crippen LogP) is 6.96. The van der Waals surface area contributed by atoms with Crippen LogP contribution in [-0.4, -0.2) is 45.4 Å². The molecule has 36 heavy (non-hydrogen) atoms. The molecular formula is C27H30BrClN4O3. The first-order chi connectivity index (χ1) is 17.0. The first-order valence-corrected chi connectivity index (χ1v) is 13.1. The molecule has 0 radical (unpaired) electrons. The number of rotatable bonds is 4. The number of hydrogen-bond acceptors (Lipinski definition) is 4. The molecule has 1 saturated heterocycles. The standard InChI is InChI=1S/C27H30BrClN4O3/c1-17-15-19(9-10-21(17)28)31-25(34)20-16-30-33(23-8-6-5-7-22(23)29)24(20)18-11-13-32(14-12-18)26(35)36-27(2,3)4/h5-10,15-16,18H,11-14H2,1-4H3,(H,31,34). The molecule has 0 spiro atoms. The summed E-state index contributed by atoms with van der Waals surface area (Å²) in [6.07, 6.45) is 2.63. The number of hydrogen-bond donors (Lipinski definition) is 1. The number of amides is 2. The van der Waals surface area contributed by atoms with Crippen LogP contribution in [0, 0.1) is 6.92 Å². The van der Waals surface area contributed by atoms with Crippen LogP contribution in [0.1, 0.15) is 61.1 Å². The van der Waals surface area contributed by atoms with E-state index >= 15 is 0 Å². The number of likely N-dealkylation sites (tertiary alicyclic amines) is 1. The molecule has 1 aromatic heterocycles. The van der Waals surface area contributed by atoms with Gasteiger partial charge < -0.3 is 15.0 Å². The lowest BCUT2D eigenvalue weighted by Crippen LogP contribution is -2.41. The lowest BCUT2D eigenvalue weighted by Gasteiger charge is -2.34. The SMILES string of the molecule is Cc1cc(NC(=O)c2cnn(-c3ccccc3Cl)c2C2CCN(C(=O)OC(C)(C)C)CC2)ccc1Br. The van der Waals surface area contributed by atoms with Crippen LogP contribution in [0.5, 0.6) is 0 Å². The summed E-state index contributed by atoms with van der Waals surface area (Å²) in [5.74, 6) is -0.227. The molecule has 1 fully saturated rings. The van der Waals surface area contributed by atoms with Gasteiger partial charge in [-0.15, -0.1) is 0 Å². The van der Waals surface area contributed by atoms with E-state index in [1.807, 2.05) is 64.1 Å². The van der Waals surface area contributed by atoms with Crippen molar-refractivity contribution in [3.63, 3.8) is 0 Å². The van der Waals surface area contributed by atoms with Gasteiger partial charge in [-0.05, 0) is 76.4 Å². The fourth-order valence-electron chi connectivity index (χ4n) is 4.32. The molecule has 0 atom stereocenters. The number of halogens is 2. The number of aryl methyl sites for hydroxylation is 1. The highest BCUT2D eigenvalue weighted by atomic mass is 79.9. The third-order valence-electron chi connectivity index (χ3n) is 6.08. The second-order valence-electron chi connectivity index (χ2n) is 9.97. The summed E-state index contributed by atoms with van der Waals surface area (Å²) >= 11 is 10.0. The minimum Gasteiger partial charge on any atom is -0.444 e. The Morgan fingerprint density at radius 1 is 1.14 bits per heavy atom. The lowest BCUT2D eigenvalue weighted by atomic mass is 9.90. The summed E-state index contributed by atoms with van der Waals surface area (Å²) < 4.78 is 8.28. The van der Waals surface area contributed by atoms with Gasteiger partial charge in [0.1, 0.15) is 5.60 Å². The number of carbonyl (C=O) groups is 2. The van der Waals surface area contributed by atoms with Crippen molar-refractivity contribution < 1.29 is 14.3 Å². The molecule has 2 heterocycles. The minimum absolute atomic E-state index is 0.00913. The molecule has 0 unspecified atom stereocenters. The Hall–Kier alpha value is -2.84. The number of nitrogens with one attached hydrogen (secondary N) is 1. The maximum atomic E-state index is 13.4. The van der Waals surface area contributed by atoms with Gasteiger partial charge in [-0.3, -0.25) is 4.79 Å². The van der Waals surface area contributed by atoms with Crippen molar-refractivity contribution >= 4 is 45.2 Å². The molecular weight excluding hydrogens is 544 g/mol. The third-order valence-corrected chi connectivity index (χ3v) is 7.29. The Kier molecular flexibility index (Phi) is 7.76. The maximum Gasteiger partial charge on any atom is 0.410 e. The summed E-state index contributed by atoms with van der Waals surface area (Å²) in [5.41, 5.74) is 3.17. The zero-order valence-corrected chi connectivity index (χ0v) is 23.2. The molecule has 1 aliphatic rings. The molecule has 2 aromatic carbocycles. The number of para-hydroxylation sites is 1. The maximum absolute atomic E-state index is 13.4. The quantitative estimate of drug-likeness (QED) is 0.366. The van der Waals surface area contributed by atoms with Gasteiger partial charge in [0.05, 0.1) is 28.2 Å². The van der Waals surface area contributed by atoms with Gasteiger partial charge in [0, 0.05) is 29.2 Å². The van der Waals surface area contributed by atoms with Crippen molar-refractivity contribution in [1.82, 2.24) is 14.7 Å². The van der Waals surface area contributed by atoms with Crippen molar-refractivity contribution in [2.45, 2.75) is 52.1 Å². The number of piperidine rings is 1. The highest BCUT2D eigenvalue weighted by Gasteiger charge is 2.32. The van der Waals surface area contributed by atoms with Crippen LogP contribution in [0.15, 0.2) is 53.1 Å². The molecule has 190 valence electrons. The highest BCUT2D eigenvalue weighted by Crippen LogP contribution is 2.34. The summed E-state index contributed by atoms with van der Waals surface area (Å²) in [7, 11) is 0. The van der Waals surface area contributed by atoms with Crippen LogP contribution in [0.3, 0.4) is 0 Å². The van der Waals surface area contributed by atoms with Gasteiger partial charge in [0.25, 0.3) is 5.91 Å². The molecule has 0 aliphatic carbocycles. The zero-order valence-electron chi connectivity index (χ0n) is 20.8. The van der Waals surface area contributed by atoms with E-state index in [4.69, 9.17) is 16.3 Å². The monoisotopic (exact) mass is 572 g/mol. The van der Waals surface area contributed by atoms with Crippen molar-refractivity contribution in [3.05, 3.63) is 75.0 Å². The van der Waals surface area contributed by atoms with Crippen molar-refractivity contribution in [2.75, 3.05) is 18.4 Å². The Bertz CT molecular complexity index is 1280. The molecule has 9 heteroatoms. The van der Waals surface area contributed by atoms with Crippen LogP contribution in [-0.2, 0) is 4.74 Å². The van der Waals surface area contributed by atoms with Gasteiger partial charge in [0.15, 0.2) is 0 Å². The average Bonchev–Trinajstić information content (AvgIpc) is 3.26. The Morgan fingerprint density at radius 3 is 2.47 bits per heavy atom. The van der Waals surface area contributed by atoms with Crippen LogP contribution >= 0.6 is 27.5 Å². The minimum atomic E-state index is -0.548. The van der Waals surface area contributed by atoms with Gasteiger partial charge in [-0.1, -0.05) is 39.7 Å². The summed E-state index contributed by atoms with van der Waals surface area (Å²) in [5, 5.41) is 8.13. The Labute approximate surface area is 224 Å². The van der Waals surface area contributed by atoms with E-state index in [1.54, 1.807) is 21.8 Å². The summed E-state index contributed by atoms with van der Waals surface area (Å²) in [6.45, 7) is 8.60. The van der Waals surface area contributed by atoms with Crippen LogP contribution in [0.2, 0.25) is 5.02 Å². The third kappa shape index (κ3) is 5.93. The smallest absolute Gasteiger partial charge is 0.410 e. The highest BCUT2D eigenvalue weighted by molar-refractivity contribution is 9.10. The molecule has 0 bridgehead atoms. The summed E-state index contributed by atoms with van der Waals surface area (Å²) in [4.78, 5) is 27.7. The number of carbonyl (C=O) groups excluding carboxylic acids is 2. The predicted molar refractivity (Wildman–Crippen MR) is 145 cm³/mol. The number of benzene rings is 2. The first-order valence-electron chi connectivity index (χ1n) is 11.9. The molecule has 2 amide bonds. The van der Waals surface area contributed by atoms with E-state index in [0.29, 0.717) is 47.9 Å². The van der Waals surface area contributed by atoms with E-state index < -0.39 is 5.60 Å². The second-order valence-corrected chi connectivity index (χ2v) is 11.2. The van der Waals surface area contributed by atoms with Crippen LogP contribution in [0.4, 0.5) is 10.5 Å². The van der Waals surface area contributed by atoms with Crippen molar-refractivity contribution in [1.29, 1.82) is 0 Å². The number of aromatic nitrogens is 2. The topological polar surface area (TPSA) is 76.5 Å². The zero-order chi connectivity index (χ0) is 26.0. The summed E-state index contributed by atoms with van der Waals surface area (Å²) in [6, 6.07) is 13.1. The number of nitrogens with zero attached hydrogens (tertiary/aromatic N) is 3. The van der Waals surface area contributed by atoms with Crippen LogP contribution < -0.4 is 5.32 Å². The van der Waals surface area contributed by atoms with Gasteiger partial charge >= 0.3 is 6.09 Å². The first kappa shape index (κ1) is 26.2. The fourth-order valence-corrected chi connectivity index (χ4v) is 4.79. The van der Waals surface area contributed by atoms with E-state index in [2.05, 4.69) is 26.3 Å². The molecule has 3 aromatic rings. The van der Waals surface area contributed by atoms with Crippen molar-refractivity contribution in [3.8, 4) is 5.69 Å². The normalized spacial score (nSPS) is 14.6. The average molecular weight is 574 g/mol. The van der Waals surface area contributed by atoms with E-state index in [0.717, 1.165) is 15.7 Å². The van der Waals surface area contributed by atoms with Gasteiger partial charge in [0.2, 0.25) is 0 Å². The molecule has 7 nitrogen and oxygen atoms in total. The molecule has 1 aliphatic heterocycles. The van der Waals surface area contributed by atoms with Gasteiger partial charge in [-0.2, -0.15) is 5.10 Å². The molecule has 0 saturated carbocycles. The fraction of sp³-hybridized carbons (Fsp3) is 0.370. The Morgan fingerprint density at radius 2 is 1.83 bits per heavy atom. The van der Waals surface area contributed by atoms with E-state index in [1.165, 1.54) is 0 Å². The number of anilines is 1. The van der Waals surface area contributed by atoms with Crippen LogP contribution in [0.25, 0.3) is 5.69 Å². The van der Waals surface area contributed by atoms with E-state index in [9.17, 15) is 9.59 Å². The van der Waals surface area contributed by atoms with Gasteiger partial charge in [-0.25, -0.2) is 9.48 Å². The largest absolute Gasteiger partial charge is 0.444 e. The number of ether oxygens (including phenoxy) is 1. The van der Waals surface area contributed by atoms with E-state index in [-0.39, 0.29) is 17.9 Å². The Balaban J connectivity index is 1.63. The second kappa shape index (κ2) is 10.6. The molecule has 4 rings (SSSR count).